The summed E-state index contributed by atoms with van der Waals surface area (Å²) < 4.78 is 22.8. The Labute approximate surface area is 217 Å². The molecular formula is C31H19FO6. The average Bonchev–Trinajstić information content (AvgIpc) is 2.93. The highest BCUT2D eigenvalue weighted by molar-refractivity contribution is 5.91. The Hall–Kier alpha value is -5.48. The van der Waals surface area contributed by atoms with Crippen LogP contribution in [0.15, 0.2) is 109 Å². The van der Waals surface area contributed by atoms with Gasteiger partial charge in [-0.25, -0.2) is 14.4 Å². The van der Waals surface area contributed by atoms with Crippen LogP contribution in [0.4, 0.5) is 4.39 Å². The molecule has 0 unspecified atom stereocenters. The third-order valence-electron chi connectivity index (χ3n) is 5.29. The quantitative estimate of drug-likeness (QED) is 0.148. The summed E-state index contributed by atoms with van der Waals surface area (Å²) in [7, 11) is 0. The molecule has 0 saturated carbocycles. The lowest BCUT2D eigenvalue weighted by atomic mass is 10.0. The van der Waals surface area contributed by atoms with E-state index in [9.17, 15) is 18.8 Å². The number of halogens is 1. The Bertz CT molecular complexity index is 1560. The lowest BCUT2D eigenvalue weighted by Gasteiger charge is -2.06. The summed E-state index contributed by atoms with van der Waals surface area (Å²) in [6.07, 6.45) is 0. The molecule has 0 radical (unpaired) electrons. The second kappa shape index (κ2) is 11.5. The highest BCUT2D eigenvalue weighted by Gasteiger charge is 2.12. The van der Waals surface area contributed by atoms with Crippen LogP contribution in [0.3, 0.4) is 0 Å². The summed E-state index contributed by atoms with van der Waals surface area (Å²) in [5.41, 5.74) is 3.82. The third kappa shape index (κ3) is 6.59. The Morgan fingerprint density at radius 3 is 1.55 bits per heavy atom. The lowest BCUT2D eigenvalue weighted by molar-refractivity contribution is -0.131. The van der Waals surface area contributed by atoms with Crippen molar-refractivity contribution in [1.29, 1.82) is 0 Å². The predicted molar refractivity (Wildman–Crippen MR) is 139 cm³/mol. The van der Waals surface area contributed by atoms with E-state index in [0.717, 1.165) is 22.3 Å². The van der Waals surface area contributed by atoms with Gasteiger partial charge in [-0.3, -0.25) is 0 Å². The number of esters is 2. The first-order chi connectivity index (χ1) is 18.3. The maximum absolute atomic E-state index is 12.7. The number of hydrogen-bond donors (Lipinski definition) is 1. The molecule has 0 bridgehead atoms. The van der Waals surface area contributed by atoms with Crippen LogP contribution in [0.25, 0.3) is 11.1 Å². The van der Waals surface area contributed by atoms with Crippen LogP contribution in [0.1, 0.15) is 31.8 Å². The summed E-state index contributed by atoms with van der Waals surface area (Å²) in [5, 5.41) is 9.02. The Morgan fingerprint density at radius 2 is 1.05 bits per heavy atom. The minimum absolute atomic E-state index is 0.0670. The monoisotopic (exact) mass is 506 g/mol. The van der Waals surface area contributed by atoms with Gasteiger partial charge in [0.25, 0.3) is 0 Å². The topological polar surface area (TPSA) is 89.9 Å². The molecule has 0 fully saturated rings. The normalized spacial score (nSPS) is 10.0. The fourth-order valence-electron chi connectivity index (χ4n) is 3.29. The van der Waals surface area contributed by atoms with E-state index >= 15 is 0 Å². The van der Waals surface area contributed by atoms with E-state index in [0.29, 0.717) is 5.75 Å². The van der Waals surface area contributed by atoms with Gasteiger partial charge < -0.3 is 14.6 Å². The number of rotatable bonds is 6. The van der Waals surface area contributed by atoms with Gasteiger partial charge in [0.2, 0.25) is 5.83 Å². The third-order valence-corrected chi connectivity index (χ3v) is 5.29. The molecule has 38 heavy (non-hydrogen) atoms. The van der Waals surface area contributed by atoms with Crippen molar-refractivity contribution in [2.45, 2.75) is 0 Å². The molecule has 0 amide bonds. The van der Waals surface area contributed by atoms with E-state index in [1.807, 2.05) is 24.3 Å². The molecular weight excluding hydrogens is 487 g/mol. The molecule has 0 spiro atoms. The van der Waals surface area contributed by atoms with Gasteiger partial charge in [-0.15, -0.1) is 0 Å². The standard InChI is InChI=1S/C31H19FO6/c1-20(32)30(35)37-28-18-14-26(15-19-28)31(36)38-27-16-6-22(7-17-27)3-2-21-4-8-23(9-5-21)24-10-12-25(13-11-24)29(33)34/h4-19H,1H2,(H,33,34). The van der Waals surface area contributed by atoms with Crippen LogP contribution >= 0.6 is 0 Å². The first-order valence-electron chi connectivity index (χ1n) is 11.2. The molecule has 4 rings (SSSR count). The van der Waals surface area contributed by atoms with Crippen LogP contribution in [0.2, 0.25) is 0 Å². The first-order valence-corrected chi connectivity index (χ1v) is 11.2. The highest BCUT2D eigenvalue weighted by Crippen LogP contribution is 2.21. The number of benzene rings is 4. The van der Waals surface area contributed by atoms with Crippen LogP contribution < -0.4 is 9.47 Å². The Balaban J connectivity index is 1.35. The van der Waals surface area contributed by atoms with Crippen LogP contribution in [-0.4, -0.2) is 23.0 Å². The molecule has 0 atom stereocenters. The van der Waals surface area contributed by atoms with Crippen molar-refractivity contribution in [3.63, 3.8) is 0 Å². The molecule has 4 aromatic rings. The lowest BCUT2D eigenvalue weighted by Crippen LogP contribution is -2.10. The molecule has 186 valence electrons. The first kappa shape index (κ1) is 25.6. The molecule has 0 aliphatic rings. The van der Waals surface area contributed by atoms with Gasteiger partial charge >= 0.3 is 17.9 Å². The van der Waals surface area contributed by atoms with E-state index in [1.54, 1.807) is 48.5 Å². The number of carboxylic acid groups (broad SMARTS) is 1. The van der Waals surface area contributed by atoms with Crippen molar-refractivity contribution in [2.75, 3.05) is 0 Å². The number of ether oxygens (including phenoxy) is 2. The molecule has 0 aliphatic heterocycles. The zero-order valence-corrected chi connectivity index (χ0v) is 19.8. The second-order valence-corrected chi connectivity index (χ2v) is 7.94. The highest BCUT2D eigenvalue weighted by atomic mass is 19.1. The smallest absolute Gasteiger partial charge is 0.371 e. The van der Waals surface area contributed by atoms with Crippen LogP contribution in [-0.2, 0) is 4.79 Å². The minimum Gasteiger partial charge on any atom is -0.478 e. The molecule has 1 N–H and O–H groups in total. The van der Waals surface area contributed by atoms with E-state index < -0.39 is 23.7 Å². The van der Waals surface area contributed by atoms with E-state index in [-0.39, 0.29) is 16.9 Å². The number of carbonyl (C=O) groups is 3. The zero-order chi connectivity index (χ0) is 27.1. The summed E-state index contributed by atoms with van der Waals surface area (Å²) in [5.74, 6) is 2.51. The molecule has 0 heterocycles. The molecule has 0 aromatic heterocycles. The summed E-state index contributed by atoms with van der Waals surface area (Å²) in [6.45, 7) is 2.86. The summed E-state index contributed by atoms with van der Waals surface area (Å²) >= 11 is 0. The Morgan fingerprint density at radius 1 is 0.632 bits per heavy atom. The van der Waals surface area contributed by atoms with Crippen molar-refractivity contribution in [3.8, 4) is 34.5 Å². The van der Waals surface area contributed by atoms with Gasteiger partial charge in [-0.1, -0.05) is 42.7 Å². The van der Waals surface area contributed by atoms with Crippen molar-refractivity contribution >= 4 is 17.9 Å². The van der Waals surface area contributed by atoms with Gasteiger partial charge in [-0.05, 0) is 83.9 Å². The largest absolute Gasteiger partial charge is 0.478 e. The van der Waals surface area contributed by atoms with Gasteiger partial charge in [0, 0.05) is 11.1 Å². The van der Waals surface area contributed by atoms with Crippen molar-refractivity contribution in [1.82, 2.24) is 0 Å². The fraction of sp³-hybridized carbons (Fsp3) is 0. The van der Waals surface area contributed by atoms with E-state index in [4.69, 9.17) is 14.6 Å². The van der Waals surface area contributed by atoms with Gasteiger partial charge in [-0.2, -0.15) is 4.39 Å². The SMILES string of the molecule is C=C(F)C(=O)Oc1ccc(C(=O)Oc2ccc(C#Cc3ccc(-c4ccc(C(=O)O)cc4)cc3)cc2)cc1. The van der Waals surface area contributed by atoms with Gasteiger partial charge in [0.1, 0.15) is 11.5 Å². The van der Waals surface area contributed by atoms with E-state index in [2.05, 4.69) is 18.4 Å². The predicted octanol–water partition coefficient (Wildman–Crippen LogP) is 6.06. The molecule has 6 nitrogen and oxygen atoms in total. The average molecular weight is 506 g/mol. The zero-order valence-electron chi connectivity index (χ0n) is 19.8. The molecule has 7 heteroatoms. The van der Waals surface area contributed by atoms with Gasteiger partial charge in [0.05, 0.1) is 11.1 Å². The molecule has 4 aromatic carbocycles. The summed E-state index contributed by atoms with van der Waals surface area (Å²) in [4.78, 5) is 34.6. The number of aromatic carboxylic acids is 1. The van der Waals surface area contributed by atoms with Crippen molar-refractivity contribution in [3.05, 3.63) is 132 Å². The second-order valence-electron chi connectivity index (χ2n) is 7.94. The Kier molecular flexibility index (Phi) is 7.75. The number of carboxylic acids is 1. The molecule has 0 aliphatic carbocycles. The van der Waals surface area contributed by atoms with E-state index in [1.165, 1.54) is 24.3 Å². The molecule has 0 saturated heterocycles. The van der Waals surface area contributed by atoms with Crippen molar-refractivity contribution < 1.29 is 33.4 Å². The van der Waals surface area contributed by atoms with Gasteiger partial charge in [0.15, 0.2) is 0 Å². The maximum Gasteiger partial charge on any atom is 0.371 e. The summed E-state index contributed by atoms with van der Waals surface area (Å²) in [6, 6.07) is 26.4. The number of carbonyl (C=O) groups excluding carboxylic acids is 2. The minimum atomic E-state index is -1.22. The number of hydrogen-bond acceptors (Lipinski definition) is 5. The van der Waals surface area contributed by atoms with Crippen LogP contribution in [0.5, 0.6) is 11.5 Å². The maximum atomic E-state index is 12.7. The van der Waals surface area contributed by atoms with Crippen LogP contribution in [0, 0.1) is 11.8 Å². The van der Waals surface area contributed by atoms with Crippen molar-refractivity contribution in [2.24, 2.45) is 0 Å². The fourth-order valence-corrected chi connectivity index (χ4v) is 3.29.